The van der Waals surface area contributed by atoms with E-state index < -0.39 is 0 Å². The molecule has 1 saturated carbocycles. The fourth-order valence-corrected chi connectivity index (χ4v) is 2.77. The van der Waals surface area contributed by atoms with Gasteiger partial charge in [0.1, 0.15) is 0 Å². The third kappa shape index (κ3) is 1.71. The molecule has 1 aliphatic carbocycles. The molecule has 0 aromatic heterocycles. The van der Waals surface area contributed by atoms with Crippen molar-refractivity contribution >= 4 is 5.69 Å². The highest BCUT2D eigenvalue weighted by molar-refractivity contribution is 5.61. The van der Waals surface area contributed by atoms with Crippen LogP contribution < -0.4 is 5.32 Å². The monoisotopic (exact) mass is 216 g/mol. The lowest BCUT2D eigenvalue weighted by atomic mass is 9.91. The van der Waals surface area contributed by atoms with Gasteiger partial charge in [-0.2, -0.15) is 0 Å². The third-order valence-electron chi connectivity index (χ3n) is 4.05. The first-order valence-corrected chi connectivity index (χ1v) is 6.39. The molecule has 1 heterocycles. The highest BCUT2D eigenvalue weighted by Gasteiger charge is 2.23. The fraction of sp³-hybridized carbons (Fsp3) is 0.571. The normalized spacial score (nSPS) is 19.4. The average molecular weight is 216 g/mol. The van der Waals surface area contributed by atoms with Gasteiger partial charge < -0.3 is 5.32 Å². The molecule has 1 N–H and O–H groups in total. The van der Waals surface area contributed by atoms with Crippen LogP contribution >= 0.6 is 0 Å². The summed E-state index contributed by atoms with van der Waals surface area (Å²) in [5.41, 5.74) is 4.39. The minimum Gasteiger partial charge on any atom is -0.384 e. The molecule has 1 aromatic rings. The van der Waals surface area contributed by atoms with Crippen molar-refractivity contribution in [2.24, 2.45) is 0 Å². The van der Waals surface area contributed by atoms with Crippen molar-refractivity contribution in [3.05, 3.63) is 29.3 Å². The van der Waals surface area contributed by atoms with Gasteiger partial charge in [0.25, 0.3) is 0 Å². The van der Waals surface area contributed by atoms with Gasteiger partial charge in [-0.1, -0.05) is 24.6 Å². The molecule has 0 bridgehead atoms. The van der Waals surface area contributed by atoms with E-state index in [-0.39, 0.29) is 0 Å². The molecule has 0 spiro atoms. The zero-order chi connectivity index (χ0) is 11.0. The minimum absolute atomic E-state index is 0.831. The van der Waals surface area contributed by atoms with E-state index in [1.807, 2.05) is 0 Å². The van der Waals surface area contributed by atoms with Crippen molar-refractivity contribution in [1.29, 1.82) is 0 Å². The lowest BCUT2D eigenvalue weighted by molar-refractivity contribution is 0.153. The second-order valence-corrected chi connectivity index (χ2v) is 5.13. The first-order chi connectivity index (χ1) is 7.84. The third-order valence-corrected chi connectivity index (χ3v) is 4.05. The van der Waals surface area contributed by atoms with E-state index in [2.05, 4.69) is 35.5 Å². The summed E-state index contributed by atoms with van der Waals surface area (Å²) < 4.78 is 0. The molecule has 0 saturated heterocycles. The van der Waals surface area contributed by atoms with E-state index in [0.29, 0.717) is 0 Å². The lowest BCUT2D eigenvalue weighted by Crippen LogP contribution is -2.36. The number of rotatable bonds is 3. The van der Waals surface area contributed by atoms with Gasteiger partial charge in [-0.3, -0.25) is 4.90 Å². The maximum absolute atomic E-state index is 3.52. The van der Waals surface area contributed by atoms with Crippen LogP contribution in [-0.4, -0.2) is 24.5 Å². The zero-order valence-electron chi connectivity index (χ0n) is 10.00. The largest absolute Gasteiger partial charge is 0.384 e. The molecule has 16 heavy (non-hydrogen) atoms. The van der Waals surface area contributed by atoms with Crippen LogP contribution in [-0.2, 0) is 13.0 Å². The Morgan fingerprint density at radius 3 is 3.00 bits per heavy atom. The van der Waals surface area contributed by atoms with Crippen LogP contribution in [0.2, 0.25) is 0 Å². The molecular formula is C14H20N2. The number of anilines is 1. The first kappa shape index (κ1) is 10.2. The summed E-state index contributed by atoms with van der Waals surface area (Å²) in [6, 6.07) is 7.56. The highest BCUT2D eigenvalue weighted by Crippen LogP contribution is 2.30. The van der Waals surface area contributed by atoms with Gasteiger partial charge in [-0.25, -0.2) is 0 Å². The van der Waals surface area contributed by atoms with Gasteiger partial charge in [-0.05, 0) is 37.4 Å². The number of nitrogens with one attached hydrogen (secondary N) is 1. The van der Waals surface area contributed by atoms with Gasteiger partial charge in [-0.15, -0.1) is 0 Å². The molecule has 1 aromatic carbocycles. The molecule has 2 aliphatic rings. The number of hydrogen-bond acceptors (Lipinski definition) is 2. The molecule has 0 radical (unpaired) electrons. The fourth-order valence-electron chi connectivity index (χ4n) is 2.77. The quantitative estimate of drug-likeness (QED) is 0.835. The maximum atomic E-state index is 3.52. The Hall–Kier alpha value is -1.02. The average Bonchev–Trinajstić information content (AvgIpc) is 2.63. The minimum atomic E-state index is 0.831. The SMILES string of the molecule is CN(Cc1cccc2c1NCC2)C1CCC1. The number of fused-ring (bicyclic) bond motifs is 1. The molecule has 1 aliphatic heterocycles. The lowest BCUT2D eigenvalue weighted by Gasteiger charge is -2.35. The van der Waals surface area contributed by atoms with Crippen LogP contribution in [0.15, 0.2) is 18.2 Å². The topological polar surface area (TPSA) is 15.3 Å². The Labute approximate surface area is 97.6 Å². The first-order valence-electron chi connectivity index (χ1n) is 6.39. The van der Waals surface area contributed by atoms with Crippen LogP contribution in [0.4, 0.5) is 5.69 Å². The molecule has 3 rings (SSSR count). The van der Waals surface area contributed by atoms with Gasteiger partial charge in [0.2, 0.25) is 0 Å². The van der Waals surface area contributed by atoms with Crippen LogP contribution in [0.5, 0.6) is 0 Å². The number of para-hydroxylation sites is 1. The Kier molecular flexibility index (Phi) is 2.60. The van der Waals surface area contributed by atoms with Crippen molar-refractivity contribution in [3.8, 4) is 0 Å². The Morgan fingerprint density at radius 1 is 1.38 bits per heavy atom. The molecular weight excluding hydrogens is 196 g/mol. The van der Waals surface area contributed by atoms with Gasteiger partial charge in [0, 0.05) is 24.8 Å². The maximum Gasteiger partial charge on any atom is 0.0419 e. The number of benzene rings is 1. The van der Waals surface area contributed by atoms with Crippen molar-refractivity contribution in [1.82, 2.24) is 4.90 Å². The summed E-state index contributed by atoms with van der Waals surface area (Å²) in [6.07, 6.45) is 5.38. The summed E-state index contributed by atoms with van der Waals surface area (Å²) in [5, 5.41) is 3.52. The standard InChI is InChI=1S/C14H20N2/c1-16(13-6-3-7-13)10-12-5-2-4-11-8-9-15-14(11)12/h2,4-5,13,15H,3,6-10H2,1H3. The van der Waals surface area contributed by atoms with Gasteiger partial charge in [0.05, 0.1) is 0 Å². The Balaban J connectivity index is 1.76. The Bertz CT molecular complexity index is 382. The second kappa shape index (κ2) is 4.10. The molecule has 0 amide bonds. The summed E-state index contributed by atoms with van der Waals surface area (Å²) in [7, 11) is 2.26. The second-order valence-electron chi connectivity index (χ2n) is 5.13. The van der Waals surface area contributed by atoms with Crippen molar-refractivity contribution in [2.75, 3.05) is 18.9 Å². The van der Waals surface area contributed by atoms with E-state index in [9.17, 15) is 0 Å². The molecule has 2 nitrogen and oxygen atoms in total. The zero-order valence-corrected chi connectivity index (χ0v) is 10.00. The molecule has 2 heteroatoms. The molecule has 0 atom stereocenters. The number of hydrogen-bond donors (Lipinski definition) is 1. The summed E-state index contributed by atoms with van der Waals surface area (Å²) in [5.74, 6) is 0. The summed E-state index contributed by atoms with van der Waals surface area (Å²) in [4.78, 5) is 2.51. The molecule has 86 valence electrons. The van der Waals surface area contributed by atoms with Crippen LogP contribution in [0.1, 0.15) is 30.4 Å². The summed E-state index contributed by atoms with van der Waals surface area (Å²) >= 11 is 0. The van der Waals surface area contributed by atoms with E-state index >= 15 is 0 Å². The van der Waals surface area contributed by atoms with Gasteiger partial charge in [0.15, 0.2) is 0 Å². The van der Waals surface area contributed by atoms with E-state index in [4.69, 9.17) is 0 Å². The van der Waals surface area contributed by atoms with Crippen molar-refractivity contribution in [2.45, 2.75) is 38.3 Å². The van der Waals surface area contributed by atoms with Gasteiger partial charge >= 0.3 is 0 Å². The molecule has 0 unspecified atom stereocenters. The van der Waals surface area contributed by atoms with Crippen LogP contribution in [0.3, 0.4) is 0 Å². The van der Waals surface area contributed by atoms with Crippen molar-refractivity contribution < 1.29 is 0 Å². The van der Waals surface area contributed by atoms with Crippen molar-refractivity contribution in [3.63, 3.8) is 0 Å². The summed E-state index contributed by atoms with van der Waals surface area (Å²) in [6.45, 7) is 2.21. The predicted octanol–water partition coefficient (Wildman–Crippen LogP) is 2.64. The smallest absolute Gasteiger partial charge is 0.0419 e. The van der Waals surface area contributed by atoms with E-state index in [0.717, 1.165) is 19.1 Å². The van der Waals surface area contributed by atoms with Crippen LogP contribution in [0, 0.1) is 0 Å². The number of nitrogens with zero attached hydrogens (tertiary/aromatic N) is 1. The Morgan fingerprint density at radius 2 is 2.25 bits per heavy atom. The van der Waals surface area contributed by atoms with E-state index in [1.54, 1.807) is 0 Å². The molecule has 1 fully saturated rings. The predicted molar refractivity (Wildman–Crippen MR) is 67.7 cm³/mol. The van der Waals surface area contributed by atoms with Crippen LogP contribution in [0.25, 0.3) is 0 Å². The van der Waals surface area contributed by atoms with E-state index in [1.165, 1.54) is 42.5 Å². The highest BCUT2D eigenvalue weighted by atomic mass is 15.1.